The molecule has 186 valence electrons. The first-order chi connectivity index (χ1) is 16.9. The van der Waals surface area contributed by atoms with Crippen LogP contribution in [0.5, 0.6) is 11.6 Å². The van der Waals surface area contributed by atoms with Gasteiger partial charge < -0.3 is 19.5 Å². The number of halogens is 3. The summed E-state index contributed by atoms with van der Waals surface area (Å²) in [5.74, 6) is -1.79. The second-order valence-electron chi connectivity index (χ2n) is 7.75. The van der Waals surface area contributed by atoms with Crippen LogP contribution < -0.4 is 14.8 Å². The number of hydrogen-bond donors (Lipinski definition) is 1. The molecule has 35 heavy (non-hydrogen) atoms. The third-order valence-corrected chi connectivity index (χ3v) is 6.56. The smallest absolute Gasteiger partial charge is 0.346 e. The number of benzene rings is 1. The first kappa shape index (κ1) is 25.3. The van der Waals surface area contributed by atoms with Crippen LogP contribution in [0.4, 0.5) is 19.5 Å². The molecule has 1 fully saturated rings. The lowest BCUT2D eigenvalue weighted by Gasteiger charge is -2.15. The molecule has 0 aliphatic carbocycles. The van der Waals surface area contributed by atoms with Gasteiger partial charge in [0.05, 0.1) is 30.8 Å². The predicted octanol–water partition coefficient (Wildman–Crippen LogP) is 5.16. The number of nitrogens with one attached hydrogen (secondary N) is 1. The Hall–Kier alpha value is -2.83. The summed E-state index contributed by atoms with van der Waals surface area (Å²) in [6.07, 6.45) is 5.62. The molecule has 1 aliphatic heterocycles. The zero-order valence-electron chi connectivity index (χ0n) is 18.9. The van der Waals surface area contributed by atoms with Crippen molar-refractivity contribution in [2.45, 2.75) is 19.4 Å². The summed E-state index contributed by atoms with van der Waals surface area (Å²) < 4.78 is 48.9. The Bertz CT molecular complexity index is 1170. The number of likely N-dealkylation sites (tertiary alicyclic amines) is 1. The van der Waals surface area contributed by atoms with E-state index < -0.39 is 24.2 Å². The summed E-state index contributed by atoms with van der Waals surface area (Å²) in [6.45, 7) is 3.12. The number of ether oxygens (including phenoxy) is 3. The van der Waals surface area contributed by atoms with Gasteiger partial charge in [0.2, 0.25) is 5.88 Å². The fourth-order valence-electron chi connectivity index (χ4n) is 3.59. The van der Waals surface area contributed by atoms with E-state index in [0.717, 1.165) is 43.3 Å². The average Bonchev–Trinajstić information content (AvgIpc) is 3.48. The van der Waals surface area contributed by atoms with E-state index in [2.05, 4.69) is 35.5 Å². The Morgan fingerprint density at radius 2 is 1.91 bits per heavy atom. The van der Waals surface area contributed by atoms with Gasteiger partial charge in [-0.2, -0.15) is 4.37 Å². The highest BCUT2D eigenvalue weighted by Crippen LogP contribution is 2.35. The van der Waals surface area contributed by atoms with Crippen molar-refractivity contribution < 1.29 is 27.8 Å². The lowest BCUT2D eigenvalue weighted by molar-refractivity contribution is 0.0596. The summed E-state index contributed by atoms with van der Waals surface area (Å²) in [4.78, 5) is 19.0. The zero-order chi connectivity index (χ0) is 24.8. The van der Waals surface area contributed by atoms with E-state index in [1.807, 2.05) is 0 Å². The minimum absolute atomic E-state index is 0.00998. The number of methoxy groups -OCH3 is 1. The Morgan fingerprint density at radius 1 is 1.17 bits per heavy atom. The molecule has 0 amide bonds. The molecule has 3 aromatic rings. The highest BCUT2D eigenvalue weighted by Gasteiger charge is 2.24. The van der Waals surface area contributed by atoms with Gasteiger partial charge in [-0.1, -0.05) is 15.9 Å². The van der Waals surface area contributed by atoms with E-state index >= 15 is 0 Å². The molecule has 1 aliphatic rings. The molecule has 12 heteroatoms. The van der Waals surface area contributed by atoms with Crippen LogP contribution in [0.15, 0.2) is 35.1 Å². The maximum Gasteiger partial charge on any atom is 0.346 e. The maximum atomic E-state index is 14.2. The van der Waals surface area contributed by atoms with Crippen molar-refractivity contribution in [2.24, 2.45) is 0 Å². The predicted molar refractivity (Wildman–Crippen MR) is 131 cm³/mol. The summed E-state index contributed by atoms with van der Waals surface area (Å²) in [7, 11) is 1.22. The quantitative estimate of drug-likeness (QED) is 0.335. The summed E-state index contributed by atoms with van der Waals surface area (Å²) in [5, 5.41) is 3.41. The van der Waals surface area contributed by atoms with Crippen molar-refractivity contribution in [1.82, 2.24) is 14.3 Å². The molecule has 8 nitrogen and oxygen atoms in total. The van der Waals surface area contributed by atoms with Gasteiger partial charge in [-0.15, -0.1) is 0 Å². The van der Waals surface area contributed by atoms with Gasteiger partial charge in [-0.25, -0.2) is 13.6 Å². The molecular weight excluding hydrogens is 546 g/mol. The van der Waals surface area contributed by atoms with Gasteiger partial charge in [0.1, 0.15) is 35.6 Å². The van der Waals surface area contributed by atoms with Gasteiger partial charge in [-0.3, -0.25) is 9.88 Å². The molecule has 0 atom stereocenters. The van der Waals surface area contributed by atoms with Crippen LogP contribution in [-0.2, 0) is 11.3 Å². The van der Waals surface area contributed by atoms with Crippen LogP contribution in [0.3, 0.4) is 0 Å². The molecule has 0 radical (unpaired) electrons. The number of rotatable bonds is 10. The Balaban J connectivity index is 1.46. The van der Waals surface area contributed by atoms with Crippen molar-refractivity contribution >= 4 is 44.1 Å². The SMILES string of the molecule is COC(=O)c1c(OCc2c(F)cc(Br)cc2F)nsc1Nc1cncc(OCCN2CCCC2)c1. The molecule has 1 saturated heterocycles. The van der Waals surface area contributed by atoms with E-state index in [1.54, 1.807) is 18.5 Å². The van der Waals surface area contributed by atoms with Crippen LogP contribution in [-0.4, -0.2) is 53.6 Å². The first-order valence-corrected chi connectivity index (χ1v) is 12.4. The number of esters is 1. The Labute approximate surface area is 213 Å². The van der Waals surface area contributed by atoms with E-state index in [4.69, 9.17) is 14.2 Å². The monoisotopic (exact) mass is 568 g/mol. The van der Waals surface area contributed by atoms with Crippen LogP contribution in [0.2, 0.25) is 0 Å². The molecule has 3 heterocycles. The fourth-order valence-corrected chi connectivity index (χ4v) is 4.73. The largest absolute Gasteiger partial charge is 0.491 e. The molecule has 0 spiro atoms. The molecule has 1 N–H and O–H groups in total. The van der Waals surface area contributed by atoms with Crippen molar-refractivity contribution in [1.29, 1.82) is 0 Å². The Morgan fingerprint density at radius 3 is 2.63 bits per heavy atom. The van der Waals surface area contributed by atoms with Gasteiger partial charge in [0.25, 0.3) is 0 Å². The van der Waals surface area contributed by atoms with Crippen LogP contribution >= 0.6 is 27.5 Å². The van der Waals surface area contributed by atoms with Gasteiger partial charge in [-0.05, 0) is 49.6 Å². The van der Waals surface area contributed by atoms with Gasteiger partial charge in [0.15, 0.2) is 5.56 Å². The molecule has 4 rings (SSSR count). The van der Waals surface area contributed by atoms with E-state index in [0.29, 0.717) is 23.0 Å². The van der Waals surface area contributed by atoms with E-state index in [-0.39, 0.29) is 21.5 Å². The second kappa shape index (κ2) is 11.7. The average molecular weight is 569 g/mol. The number of hydrogen-bond acceptors (Lipinski definition) is 9. The highest BCUT2D eigenvalue weighted by molar-refractivity contribution is 9.10. The number of aromatic nitrogens is 2. The van der Waals surface area contributed by atoms with Crippen LogP contribution in [0.25, 0.3) is 0 Å². The third kappa shape index (κ3) is 6.44. The zero-order valence-corrected chi connectivity index (χ0v) is 21.3. The minimum atomic E-state index is -0.780. The Kier molecular flexibility index (Phi) is 8.47. The number of carbonyl (C=O) groups excluding carboxylic acids is 1. The number of pyridine rings is 1. The highest BCUT2D eigenvalue weighted by atomic mass is 79.9. The lowest BCUT2D eigenvalue weighted by atomic mass is 10.2. The summed E-state index contributed by atoms with van der Waals surface area (Å²) in [6, 6.07) is 4.01. The molecule has 0 unspecified atom stereocenters. The lowest BCUT2D eigenvalue weighted by Crippen LogP contribution is -2.25. The third-order valence-electron chi connectivity index (χ3n) is 5.36. The number of anilines is 2. The van der Waals surface area contributed by atoms with Crippen molar-refractivity contribution in [2.75, 3.05) is 38.7 Å². The van der Waals surface area contributed by atoms with Crippen molar-refractivity contribution in [3.05, 3.63) is 57.8 Å². The first-order valence-electron chi connectivity index (χ1n) is 10.9. The standard InChI is InChI=1S/C23H23BrF2N4O4S/c1-32-23(31)20-21(34-13-17-18(25)8-14(24)9-19(17)26)29-35-22(20)28-15-10-16(12-27-11-15)33-7-6-30-4-2-3-5-30/h8-12,28H,2-7,13H2,1H3. The number of carbonyl (C=O) groups is 1. The molecule has 0 saturated carbocycles. The normalized spacial score (nSPS) is 13.6. The molecule has 0 bridgehead atoms. The minimum Gasteiger partial charge on any atom is -0.491 e. The second-order valence-corrected chi connectivity index (χ2v) is 9.44. The van der Waals surface area contributed by atoms with Crippen molar-refractivity contribution in [3.8, 4) is 11.6 Å². The topological polar surface area (TPSA) is 85.8 Å². The maximum absolute atomic E-state index is 14.2. The number of nitrogens with zero attached hydrogens (tertiary/aromatic N) is 3. The van der Waals surface area contributed by atoms with Gasteiger partial charge in [0, 0.05) is 17.1 Å². The van der Waals surface area contributed by atoms with Gasteiger partial charge >= 0.3 is 5.97 Å². The summed E-state index contributed by atoms with van der Waals surface area (Å²) >= 11 is 3.98. The van der Waals surface area contributed by atoms with E-state index in [9.17, 15) is 13.6 Å². The molecular formula is C23H23BrF2N4O4S. The van der Waals surface area contributed by atoms with Crippen LogP contribution in [0.1, 0.15) is 28.8 Å². The molecule has 1 aromatic carbocycles. The molecule has 2 aromatic heterocycles. The van der Waals surface area contributed by atoms with Crippen LogP contribution in [0, 0.1) is 11.6 Å². The fraction of sp³-hybridized carbons (Fsp3) is 0.348. The summed E-state index contributed by atoms with van der Waals surface area (Å²) in [5.41, 5.74) is 0.291. The van der Waals surface area contributed by atoms with Crippen molar-refractivity contribution in [3.63, 3.8) is 0 Å². The van der Waals surface area contributed by atoms with E-state index in [1.165, 1.54) is 20.0 Å².